The molecule has 1 aliphatic heterocycles. The maximum atomic E-state index is 12.4. The van der Waals surface area contributed by atoms with Gasteiger partial charge in [0, 0.05) is 5.69 Å². The van der Waals surface area contributed by atoms with Crippen molar-refractivity contribution in [2.45, 2.75) is 12.3 Å². The fourth-order valence-corrected chi connectivity index (χ4v) is 1.82. The summed E-state index contributed by atoms with van der Waals surface area (Å²) in [4.78, 5) is 12.9. The van der Waals surface area contributed by atoms with E-state index in [9.17, 15) is 18.0 Å². The first-order chi connectivity index (χ1) is 8.91. The Labute approximate surface area is 107 Å². The largest absolute Gasteiger partial charge is 0.416 e. The minimum atomic E-state index is -4.40. The van der Waals surface area contributed by atoms with E-state index in [0.29, 0.717) is 5.69 Å². The maximum absolute atomic E-state index is 12.4. The predicted octanol–water partition coefficient (Wildman–Crippen LogP) is 1.43. The number of carbonyl (C=O) groups excluding carboxylic acids is 1. The fourth-order valence-electron chi connectivity index (χ4n) is 1.82. The molecule has 19 heavy (non-hydrogen) atoms. The van der Waals surface area contributed by atoms with Gasteiger partial charge in [-0.2, -0.15) is 13.2 Å². The first-order valence-electron chi connectivity index (χ1n) is 5.62. The Morgan fingerprint density at radius 2 is 1.95 bits per heavy atom. The summed E-state index contributed by atoms with van der Waals surface area (Å²) in [6, 6.07) is 4.32. The van der Waals surface area contributed by atoms with Gasteiger partial charge in [0.25, 0.3) is 5.91 Å². The molecule has 0 aromatic heterocycles. The molecule has 0 bridgehead atoms. The average molecular weight is 275 g/mol. The third kappa shape index (κ3) is 3.05. The van der Waals surface area contributed by atoms with E-state index in [4.69, 9.17) is 9.84 Å². The Balaban J connectivity index is 2.19. The molecule has 4 nitrogen and oxygen atoms in total. The van der Waals surface area contributed by atoms with Gasteiger partial charge in [-0.15, -0.1) is 0 Å². The maximum Gasteiger partial charge on any atom is 0.416 e. The molecule has 1 fully saturated rings. The van der Waals surface area contributed by atoms with Gasteiger partial charge in [-0.1, -0.05) is 0 Å². The minimum Gasteiger partial charge on any atom is -0.394 e. The lowest BCUT2D eigenvalue weighted by Crippen LogP contribution is -2.48. The molecule has 1 N–H and O–H groups in total. The molecule has 0 aliphatic carbocycles. The number of aliphatic hydroxyl groups is 1. The molecule has 0 spiro atoms. The third-order valence-electron chi connectivity index (χ3n) is 2.84. The van der Waals surface area contributed by atoms with Crippen LogP contribution >= 0.6 is 0 Å². The molecule has 1 atom stereocenters. The van der Waals surface area contributed by atoms with Crippen LogP contribution in [0.4, 0.5) is 18.9 Å². The van der Waals surface area contributed by atoms with Crippen molar-refractivity contribution in [2.24, 2.45) is 0 Å². The summed E-state index contributed by atoms with van der Waals surface area (Å²) in [5.41, 5.74) is -0.407. The number of nitrogens with zero attached hydrogens (tertiary/aromatic N) is 1. The number of carbonyl (C=O) groups is 1. The molecular weight excluding hydrogens is 263 g/mol. The number of rotatable bonds is 2. The van der Waals surface area contributed by atoms with Crippen molar-refractivity contribution in [3.8, 4) is 0 Å². The van der Waals surface area contributed by atoms with Crippen LogP contribution in [0.15, 0.2) is 24.3 Å². The Morgan fingerprint density at radius 1 is 1.32 bits per heavy atom. The normalized spacial score (nSPS) is 20.7. The highest BCUT2D eigenvalue weighted by molar-refractivity contribution is 5.95. The Bertz CT molecular complexity index is 458. The molecule has 1 saturated heterocycles. The number of anilines is 1. The Morgan fingerprint density at radius 3 is 2.47 bits per heavy atom. The topological polar surface area (TPSA) is 49.8 Å². The van der Waals surface area contributed by atoms with E-state index >= 15 is 0 Å². The lowest BCUT2D eigenvalue weighted by molar-refractivity contribution is -0.137. The van der Waals surface area contributed by atoms with Gasteiger partial charge in [0.05, 0.1) is 24.8 Å². The van der Waals surface area contributed by atoms with Gasteiger partial charge in [0.2, 0.25) is 0 Å². The van der Waals surface area contributed by atoms with E-state index in [2.05, 4.69) is 0 Å². The molecule has 1 aromatic carbocycles. The van der Waals surface area contributed by atoms with Crippen LogP contribution in [0.2, 0.25) is 0 Å². The predicted molar refractivity (Wildman–Crippen MR) is 60.6 cm³/mol. The fraction of sp³-hybridized carbons (Fsp3) is 0.417. The smallest absolute Gasteiger partial charge is 0.394 e. The summed E-state index contributed by atoms with van der Waals surface area (Å²) >= 11 is 0. The zero-order valence-electron chi connectivity index (χ0n) is 9.85. The number of amides is 1. The summed E-state index contributed by atoms with van der Waals surface area (Å²) in [6.07, 6.45) is -4.92. The molecule has 7 heteroatoms. The number of hydrogen-bond donors (Lipinski definition) is 1. The van der Waals surface area contributed by atoms with Gasteiger partial charge >= 0.3 is 6.18 Å². The zero-order valence-corrected chi connectivity index (χ0v) is 9.85. The molecule has 0 radical (unpaired) electrons. The van der Waals surface area contributed by atoms with E-state index in [0.717, 1.165) is 12.1 Å². The van der Waals surface area contributed by atoms with Gasteiger partial charge in [-0.25, -0.2) is 0 Å². The highest BCUT2D eigenvalue weighted by Gasteiger charge is 2.31. The summed E-state index contributed by atoms with van der Waals surface area (Å²) < 4.78 is 42.3. The minimum absolute atomic E-state index is 0.126. The quantitative estimate of drug-likeness (QED) is 0.888. The third-order valence-corrected chi connectivity index (χ3v) is 2.84. The van der Waals surface area contributed by atoms with Gasteiger partial charge < -0.3 is 14.7 Å². The summed E-state index contributed by atoms with van der Waals surface area (Å²) in [5.74, 6) is -0.343. The van der Waals surface area contributed by atoms with Gasteiger partial charge in [0.1, 0.15) is 6.61 Å². The van der Waals surface area contributed by atoms with E-state index in [-0.39, 0.29) is 25.7 Å². The lowest BCUT2D eigenvalue weighted by Gasteiger charge is -2.32. The number of aliphatic hydroxyl groups excluding tert-OH is 1. The molecule has 1 aromatic rings. The van der Waals surface area contributed by atoms with Crippen molar-refractivity contribution >= 4 is 11.6 Å². The number of alkyl halides is 3. The summed E-state index contributed by atoms with van der Waals surface area (Å²) in [6.45, 7) is -0.308. The molecule has 0 saturated carbocycles. The van der Waals surface area contributed by atoms with Crippen molar-refractivity contribution in [1.82, 2.24) is 0 Å². The zero-order chi connectivity index (χ0) is 14.0. The highest BCUT2D eigenvalue weighted by Crippen LogP contribution is 2.30. The van der Waals surface area contributed by atoms with Crippen molar-refractivity contribution in [3.05, 3.63) is 29.8 Å². The van der Waals surface area contributed by atoms with Crippen molar-refractivity contribution < 1.29 is 27.8 Å². The van der Waals surface area contributed by atoms with E-state index in [1.807, 2.05) is 0 Å². The number of benzene rings is 1. The van der Waals surface area contributed by atoms with E-state index < -0.39 is 17.8 Å². The Kier molecular flexibility index (Phi) is 3.77. The standard InChI is InChI=1S/C12H12F3NO3/c13-12(14,15)8-1-3-9(4-2-8)16-5-10(6-17)19-7-11(16)18/h1-4,10,17H,5-7H2. The number of halogens is 3. The van der Waals surface area contributed by atoms with Crippen molar-refractivity contribution in [2.75, 3.05) is 24.7 Å². The second-order valence-electron chi connectivity index (χ2n) is 4.16. The van der Waals surface area contributed by atoms with Crippen molar-refractivity contribution in [3.63, 3.8) is 0 Å². The van der Waals surface area contributed by atoms with E-state index in [1.165, 1.54) is 17.0 Å². The van der Waals surface area contributed by atoms with Gasteiger partial charge in [0.15, 0.2) is 0 Å². The molecule has 1 amide bonds. The number of hydrogen-bond acceptors (Lipinski definition) is 3. The molecule has 1 heterocycles. The monoisotopic (exact) mass is 275 g/mol. The van der Waals surface area contributed by atoms with Crippen LogP contribution in [-0.4, -0.2) is 36.9 Å². The van der Waals surface area contributed by atoms with Crippen LogP contribution < -0.4 is 4.90 Å². The van der Waals surface area contributed by atoms with Gasteiger partial charge in [-0.3, -0.25) is 4.79 Å². The van der Waals surface area contributed by atoms with Crippen LogP contribution in [0.5, 0.6) is 0 Å². The second kappa shape index (κ2) is 5.18. The van der Waals surface area contributed by atoms with Gasteiger partial charge in [-0.05, 0) is 24.3 Å². The average Bonchev–Trinajstić information content (AvgIpc) is 2.38. The first kappa shape index (κ1) is 13.8. The highest BCUT2D eigenvalue weighted by atomic mass is 19.4. The molecule has 1 unspecified atom stereocenters. The van der Waals surface area contributed by atoms with Crippen LogP contribution in [0, 0.1) is 0 Å². The molecule has 1 aliphatic rings. The summed E-state index contributed by atoms with van der Waals surface area (Å²) in [5, 5.41) is 8.98. The van der Waals surface area contributed by atoms with Crippen LogP contribution in [0.1, 0.15) is 5.56 Å². The van der Waals surface area contributed by atoms with Crippen molar-refractivity contribution in [1.29, 1.82) is 0 Å². The van der Waals surface area contributed by atoms with Crippen LogP contribution in [0.25, 0.3) is 0 Å². The molecule has 2 rings (SSSR count). The first-order valence-corrected chi connectivity index (χ1v) is 5.62. The lowest BCUT2D eigenvalue weighted by atomic mass is 10.1. The van der Waals surface area contributed by atoms with Crippen LogP contribution in [0.3, 0.4) is 0 Å². The Hall–Kier alpha value is -1.60. The molecule has 104 valence electrons. The van der Waals surface area contributed by atoms with Crippen LogP contribution in [-0.2, 0) is 15.7 Å². The molecular formula is C12H12F3NO3. The number of morpholine rings is 1. The SMILES string of the molecule is O=C1COC(CO)CN1c1ccc(C(F)(F)F)cc1. The number of ether oxygens (including phenoxy) is 1. The summed E-state index contributed by atoms with van der Waals surface area (Å²) in [7, 11) is 0. The van der Waals surface area contributed by atoms with E-state index in [1.54, 1.807) is 0 Å². The second-order valence-corrected chi connectivity index (χ2v) is 4.16.